The largest absolute Gasteiger partial charge is 0.478 e. The molecule has 0 atom stereocenters. The van der Waals surface area contributed by atoms with Crippen molar-refractivity contribution in [3.05, 3.63) is 123 Å². The third-order valence-corrected chi connectivity index (χ3v) is 11.0. The number of rotatable bonds is 12. The third kappa shape index (κ3) is 7.76. The minimum Gasteiger partial charge on any atom is -0.478 e. The lowest BCUT2D eigenvalue weighted by Gasteiger charge is -2.29. The Kier molecular flexibility index (Phi) is 10.1. The van der Waals surface area contributed by atoms with E-state index >= 15 is 8.78 Å². The maximum atomic E-state index is 15.0. The molecule has 1 heterocycles. The van der Waals surface area contributed by atoms with Crippen LogP contribution in [-0.4, -0.2) is 41.2 Å². The molecule has 1 aromatic heterocycles. The van der Waals surface area contributed by atoms with Gasteiger partial charge in [0.2, 0.25) is 21.7 Å². The minimum atomic E-state index is -6.00. The Balaban J connectivity index is 1.48. The molecular formula is C36H29F8N3O5S. The number of halogens is 8. The highest BCUT2D eigenvalue weighted by molar-refractivity contribution is 7.89. The van der Waals surface area contributed by atoms with Gasteiger partial charge in [0.15, 0.2) is 28.2 Å². The topological polar surface area (TPSA) is 108 Å². The van der Waals surface area contributed by atoms with Crippen LogP contribution < -0.4 is 4.90 Å². The first-order chi connectivity index (χ1) is 24.9. The molecule has 0 bridgehead atoms. The summed E-state index contributed by atoms with van der Waals surface area (Å²) in [5.74, 6) is -15.5. The number of carboxylic acids is 1. The van der Waals surface area contributed by atoms with E-state index in [0.29, 0.717) is 17.8 Å². The maximum Gasteiger partial charge on any atom is 0.416 e. The molecule has 6 rings (SSSR count). The van der Waals surface area contributed by atoms with E-state index in [9.17, 15) is 49.5 Å². The van der Waals surface area contributed by atoms with E-state index in [1.54, 1.807) is 0 Å². The molecule has 2 fully saturated rings. The summed E-state index contributed by atoms with van der Waals surface area (Å²) in [6, 6.07) is 9.89. The molecule has 2 aliphatic rings. The Bertz CT molecular complexity index is 2180. The zero-order valence-electron chi connectivity index (χ0n) is 27.7. The van der Waals surface area contributed by atoms with E-state index in [-0.39, 0.29) is 39.5 Å². The number of sulfonamides is 1. The van der Waals surface area contributed by atoms with Gasteiger partial charge >= 0.3 is 12.1 Å². The molecule has 0 saturated heterocycles. The Hall–Kier alpha value is -4.90. The molecule has 280 valence electrons. The quantitative estimate of drug-likeness (QED) is 0.0891. The van der Waals surface area contributed by atoms with Crippen LogP contribution in [0.3, 0.4) is 0 Å². The van der Waals surface area contributed by atoms with Crippen molar-refractivity contribution in [3.8, 4) is 0 Å². The Morgan fingerprint density at radius 1 is 0.830 bits per heavy atom. The summed E-state index contributed by atoms with van der Waals surface area (Å²) in [5, 5.41) is 9.52. The number of amides is 1. The zero-order valence-corrected chi connectivity index (χ0v) is 28.5. The monoisotopic (exact) mass is 767 g/mol. The zero-order chi connectivity index (χ0) is 38.6. The first-order valence-electron chi connectivity index (χ1n) is 16.2. The molecule has 0 radical (unpaired) electrons. The summed E-state index contributed by atoms with van der Waals surface area (Å²) in [4.78, 5) is 28.3. The number of anilines is 1. The lowest BCUT2D eigenvalue weighted by molar-refractivity contribution is -0.138. The number of benzene rings is 3. The molecule has 4 aromatic rings. The van der Waals surface area contributed by atoms with Crippen molar-refractivity contribution in [2.75, 3.05) is 11.4 Å². The molecule has 2 aliphatic carbocycles. The van der Waals surface area contributed by atoms with Gasteiger partial charge in [0.25, 0.3) is 0 Å². The van der Waals surface area contributed by atoms with Crippen LogP contribution in [0, 0.1) is 36.0 Å². The first kappa shape index (κ1) is 37.8. The molecule has 53 heavy (non-hydrogen) atoms. The molecule has 2 saturated carbocycles. The molecule has 0 aliphatic heterocycles. The van der Waals surface area contributed by atoms with Crippen LogP contribution in [0.2, 0.25) is 0 Å². The second kappa shape index (κ2) is 14.2. The van der Waals surface area contributed by atoms with Crippen molar-refractivity contribution in [2.24, 2.45) is 0 Å². The van der Waals surface area contributed by atoms with E-state index in [2.05, 4.69) is 11.1 Å². The second-order valence-corrected chi connectivity index (χ2v) is 14.9. The van der Waals surface area contributed by atoms with E-state index in [0.717, 1.165) is 54.0 Å². The molecule has 0 unspecified atom stereocenters. The van der Waals surface area contributed by atoms with E-state index in [1.165, 1.54) is 19.1 Å². The SMILES string of the molecule is Cc1cc(C(=O)O)ccc1N(Cc1cc(C2CC2)cc(C2CC2)c1)C(=O)CN(Cc1cnccc1C(F)(F)F)S(=O)(=O)c1c(F)c(F)c(F)c(F)c1F. The van der Waals surface area contributed by atoms with Crippen molar-refractivity contribution in [2.45, 2.75) is 68.6 Å². The number of aryl methyl sites for hydroxylation is 1. The highest BCUT2D eigenvalue weighted by atomic mass is 32.2. The molecular weight excluding hydrogens is 738 g/mol. The summed E-state index contributed by atoms with van der Waals surface area (Å²) in [6.07, 6.45) is -0.0604. The number of hydrogen-bond donors (Lipinski definition) is 1. The summed E-state index contributed by atoms with van der Waals surface area (Å²) < 4.78 is 142. The molecule has 0 spiro atoms. The molecule has 8 nitrogen and oxygen atoms in total. The van der Waals surface area contributed by atoms with Gasteiger partial charge in [0, 0.05) is 24.6 Å². The Morgan fingerprint density at radius 3 is 1.91 bits per heavy atom. The van der Waals surface area contributed by atoms with Crippen molar-refractivity contribution in [1.29, 1.82) is 0 Å². The third-order valence-electron chi connectivity index (χ3n) is 9.15. The fraction of sp³-hybridized carbons (Fsp3) is 0.306. The lowest BCUT2D eigenvalue weighted by atomic mass is 9.99. The molecule has 3 aromatic carbocycles. The minimum absolute atomic E-state index is 0.0516. The second-order valence-electron chi connectivity index (χ2n) is 13.0. The fourth-order valence-electron chi connectivity index (χ4n) is 6.15. The summed E-state index contributed by atoms with van der Waals surface area (Å²) in [6.45, 7) is -1.73. The van der Waals surface area contributed by atoms with Crippen molar-refractivity contribution >= 4 is 27.6 Å². The van der Waals surface area contributed by atoms with Crippen LogP contribution in [0.5, 0.6) is 0 Å². The van der Waals surface area contributed by atoms with Gasteiger partial charge in [-0.25, -0.2) is 35.2 Å². The number of alkyl halides is 3. The number of carbonyl (C=O) groups excluding carboxylic acids is 1. The highest BCUT2D eigenvalue weighted by Gasteiger charge is 2.41. The summed E-state index contributed by atoms with van der Waals surface area (Å²) >= 11 is 0. The lowest BCUT2D eigenvalue weighted by Crippen LogP contribution is -2.43. The summed E-state index contributed by atoms with van der Waals surface area (Å²) in [7, 11) is -6.00. The number of carbonyl (C=O) groups is 2. The summed E-state index contributed by atoms with van der Waals surface area (Å²) in [5.41, 5.74) is 0.321. The van der Waals surface area contributed by atoms with E-state index in [1.807, 2.05) is 12.1 Å². The average molecular weight is 768 g/mol. The average Bonchev–Trinajstić information content (AvgIpc) is 4.02. The van der Waals surface area contributed by atoms with Crippen LogP contribution in [0.15, 0.2) is 59.8 Å². The smallest absolute Gasteiger partial charge is 0.416 e. The molecule has 1 amide bonds. The van der Waals surface area contributed by atoms with Gasteiger partial charge in [-0.15, -0.1) is 0 Å². The predicted octanol–water partition coefficient (Wildman–Crippen LogP) is 7.98. The predicted molar refractivity (Wildman–Crippen MR) is 173 cm³/mol. The van der Waals surface area contributed by atoms with Gasteiger partial charge in [0.05, 0.1) is 24.2 Å². The van der Waals surface area contributed by atoms with Crippen molar-refractivity contribution < 1.29 is 58.2 Å². The standard InChI is InChI=1S/C36H29F8N3O5S/c1-18-10-22(35(49)50)6-7-27(18)47(15-19-11-23(20-2-3-20)13-24(12-19)21-4-5-21)28(48)17-46(16-25-14-45-9-8-26(25)36(42,43)44)53(51,52)34-32(40)30(38)29(37)31(39)33(34)41/h6-14,20-21H,2-5,15-17H2,1H3,(H,49,50). The first-order valence-corrected chi connectivity index (χ1v) is 17.6. The van der Waals surface area contributed by atoms with Gasteiger partial charge in [0.1, 0.15) is 0 Å². The molecule has 1 N–H and O–H groups in total. The van der Waals surface area contributed by atoms with Crippen LogP contribution in [0.4, 0.5) is 40.8 Å². The van der Waals surface area contributed by atoms with Crippen molar-refractivity contribution in [3.63, 3.8) is 0 Å². The van der Waals surface area contributed by atoms with Gasteiger partial charge in [-0.1, -0.05) is 18.2 Å². The molecule has 17 heteroatoms. The van der Waals surface area contributed by atoms with Crippen LogP contribution >= 0.6 is 0 Å². The van der Waals surface area contributed by atoms with Gasteiger partial charge in [-0.2, -0.15) is 17.5 Å². The van der Waals surface area contributed by atoms with E-state index in [4.69, 9.17) is 0 Å². The maximum absolute atomic E-state index is 15.0. The number of nitrogens with zero attached hydrogens (tertiary/aromatic N) is 3. The normalized spacial score (nSPS) is 14.8. The van der Waals surface area contributed by atoms with Gasteiger partial charge in [-0.3, -0.25) is 9.78 Å². The van der Waals surface area contributed by atoms with Crippen LogP contribution in [0.1, 0.15) is 81.3 Å². The Labute approximate surface area is 297 Å². The van der Waals surface area contributed by atoms with Gasteiger partial charge in [-0.05, 0) is 96.5 Å². The number of carboxylic acid groups (broad SMARTS) is 1. The van der Waals surface area contributed by atoms with Gasteiger partial charge < -0.3 is 10.0 Å². The van der Waals surface area contributed by atoms with Crippen molar-refractivity contribution in [1.82, 2.24) is 9.29 Å². The number of pyridine rings is 1. The Morgan fingerprint density at radius 2 is 1.40 bits per heavy atom. The number of hydrogen-bond acceptors (Lipinski definition) is 5. The van der Waals surface area contributed by atoms with Crippen LogP contribution in [0.25, 0.3) is 0 Å². The number of aromatic nitrogens is 1. The number of aromatic carboxylic acids is 1. The van der Waals surface area contributed by atoms with Crippen LogP contribution in [-0.2, 0) is 34.1 Å². The highest BCUT2D eigenvalue weighted by Crippen LogP contribution is 2.45. The fourth-order valence-corrected chi connectivity index (χ4v) is 7.63. The van der Waals surface area contributed by atoms with E-state index < -0.39 is 86.3 Å².